The van der Waals surface area contributed by atoms with Crippen molar-refractivity contribution in [1.29, 1.82) is 0 Å². The fourth-order valence-electron chi connectivity index (χ4n) is 1.55. The predicted octanol–water partition coefficient (Wildman–Crippen LogP) is 1.29. The molecule has 1 aliphatic rings. The lowest BCUT2D eigenvalue weighted by molar-refractivity contribution is -0.129. The molecule has 1 atom stereocenters. The highest BCUT2D eigenvalue weighted by molar-refractivity contribution is 5.81. The third kappa shape index (κ3) is 2.98. The van der Waals surface area contributed by atoms with Crippen molar-refractivity contribution in [1.82, 2.24) is 10.6 Å². The van der Waals surface area contributed by atoms with Gasteiger partial charge in [-0.1, -0.05) is 20.8 Å². The van der Waals surface area contributed by atoms with Crippen LogP contribution in [-0.4, -0.2) is 25.0 Å². The minimum Gasteiger partial charge on any atom is -0.354 e. The molecule has 1 aliphatic heterocycles. The molecule has 14 heavy (non-hydrogen) atoms. The van der Waals surface area contributed by atoms with E-state index in [1.54, 1.807) is 0 Å². The summed E-state index contributed by atoms with van der Waals surface area (Å²) in [5.74, 6) is 0.175. The number of rotatable bonds is 4. The summed E-state index contributed by atoms with van der Waals surface area (Å²) in [5, 5.41) is 6.38. The van der Waals surface area contributed by atoms with Crippen LogP contribution in [0.3, 0.4) is 0 Å². The maximum absolute atomic E-state index is 11.7. The monoisotopic (exact) mass is 198 g/mol. The Hall–Kier alpha value is -0.570. The SMILES string of the molecule is CCC(C)(C)C(=O)NCC1CCCN1. The van der Waals surface area contributed by atoms with E-state index in [4.69, 9.17) is 0 Å². The molecule has 0 aromatic heterocycles. The van der Waals surface area contributed by atoms with Crippen LogP contribution in [0, 0.1) is 5.41 Å². The summed E-state index contributed by atoms with van der Waals surface area (Å²) in [7, 11) is 0. The predicted molar refractivity (Wildman–Crippen MR) is 58.1 cm³/mol. The van der Waals surface area contributed by atoms with Crippen LogP contribution in [-0.2, 0) is 4.79 Å². The molecule has 0 aliphatic carbocycles. The van der Waals surface area contributed by atoms with Crippen molar-refractivity contribution in [2.75, 3.05) is 13.1 Å². The van der Waals surface area contributed by atoms with Gasteiger partial charge >= 0.3 is 0 Å². The molecule has 1 saturated heterocycles. The highest BCUT2D eigenvalue weighted by Gasteiger charge is 2.25. The molecule has 3 heteroatoms. The molecule has 1 heterocycles. The maximum Gasteiger partial charge on any atom is 0.225 e. The Balaban J connectivity index is 2.26. The van der Waals surface area contributed by atoms with E-state index in [1.807, 2.05) is 20.8 Å². The van der Waals surface area contributed by atoms with Crippen molar-refractivity contribution in [3.8, 4) is 0 Å². The molecule has 0 saturated carbocycles. The van der Waals surface area contributed by atoms with E-state index in [0.717, 1.165) is 19.5 Å². The Labute approximate surface area is 86.6 Å². The average Bonchev–Trinajstić information content (AvgIpc) is 2.66. The van der Waals surface area contributed by atoms with Crippen LogP contribution in [0.15, 0.2) is 0 Å². The third-order valence-electron chi connectivity index (χ3n) is 3.17. The molecule has 1 fully saturated rings. The second-order valence-corrected chi connectivity index (χ2v) is 4.74. The third-order valence-corrected chi connectivity index (χ3v) is 3.17. The second-order valence-electron chi connectivity index (χ2n) is 4.74. The molecule has 0 bridgehead atoms. The highest BCUT2D eigenvalue weighted by atomic mass is 16.2. The van der Waals surface area contributed by atoms with Gasteiger partial charge in [0.25, 0.3) is 0 Å². The number of carbonyl (C=O) groups is 1. The normalized spacial score (nSPS) is 22.4. The molecule has 0 spiro atoms. The first-order valence-corrected chi connectivity index (χ1v) is 5.58. The van der Waals surface area contributed by atoms with Gasteiger partial charge in [0.15, 0.2) is 0 Å². The van der Waals surface area contributed by atoms with Crippen molar-refractivity contribution in [2.45, 2.75) is 46.1 Å². The van der Waals surface area contributed by atoms with Gasteiger partial charge < -0.3 is 10.6 Å². The fourth-order valence-corrected chi connectivity index (χ4v) is 1.55. The van der Waals surface area contributed by atoms with E-state index in [0.29, 0.717) is 6.04 Å². The van der Waals surface area contributed by atoms with Crippen LogP contribution in [0.1, 0.15) is 40.0 Å². The molecular weight excluding hydrogens is 176 g/mol. The smallest absolute Gasteiger partial charge is 0.225 e. The Kier molecular flexibility index (Phi) is 3.93. The van der Waals surface area contributed by atoms with Crippen LogP contribution in [0.2, 0.25) is 0 Å². The van der Waals surface area contributed by atoms with E-state index in [2.05, 4.69) is 10.6 Å². The first-order valence-electron chi connectivity index (χ1n) is 5.58. The maximum atomic E-state index is 11.7. The average molecular weight is 198 g/mol. The van der Waals surface area contributed by atoms with E-state index in [1.165, 1.54) is 12.8 Å². The van der Waals surface area contributed by atoms with Gasteiger partial charge in [-0.3, -0.25) is 4.79 Å². The van der Waals surface area contributed by atoms with Crippen molar-refractivity contribution in [3.05, 3.63) is 0 Å². The summed E-state index contributed by atoms with van der Waals surface area (Å²) in [6.07, 6.45) is 3.31. The summed E-state index contributed by atoms with van der Waals surface area (Å²) < 4.78 is 0. The first kappa shape index (κ1) is 11.5. The molecule has 0 aromatic rings. The Morgan fingerprint density at radius 1 is 1.57 bits per heavy atom. The van der Waals surface area contributed by atoms with Crippen LogP contribution in [0.25, 0.3) is 0 Å². The molecule has 82 valence electrons. The van der Waals surface area contributed by atoms with E-state index in [9.17, 15) is 4.79 Å². The molecule has 0 radical (unpaired) electrons. The highest BCUT2D eigenvalue weighted by Crippen LogP contribution is 2.19. The van der Waals surface area contributed by atoms with Crippen molar-refractivity contribution in [2.24, 2.45) is 5.41 Å². The van der Waals surface area contributed by atoms with Crippen LogP contribution in [0.4, 0.5) is 0 Å². The summed E-state index contributed by atoms with van der Waals surface area (Å²) in [5.41, 5.74) is -0.224. The molecular formula is C11H22N2O. The number of nitrogens with one attached hydrogen (secondary N) is 2. The Morgan fingerprint density at radius 2 is 2.29 bits per heavy atom. The molecule has 1 amide bonds. The minimum absolute atomic E-state index is 0.175. The van der Waals surface area contributed by atoms with Gasteiger partial charge in [-0.15, -0.1) is 0 Å². The number of carbonyl (C=O) groups excluding carboxylic acids is 1. The van der Waals surface area contributed by atoms with Gasteiger partial charge in [-0.05, 0) is 25.8 Å². The number of hydrogen-bond acceptors (Lipinski definition) is 2. The van der Waals surface area contributed by atoms with E-state index >= 15 is 0 Å². The molecule has 1 rings (SSSR count). The lowest BCUT2D eigenvalue weighted by Gasteiger charge is -2.22. The zero-order valence-electron chi connectivity index (χ0n) is 9.52. The van der Waals surface area contributed by atoms with E-state index < -0.39 is 0 Å². The molecule has 2 N–H and O–H groups in total. The van der Waals surface area contributed by atoms with Crippen molar-refractivity contribution >= 4 is 5.91 Å². The zero-order valence-corrected chi connectivity index (χ0v) is 9.52. The van der Waals surface area contributed by atoms with Gasteiger partial charge in [0.2, 0.25) is 5.91 Å². The molecule has 0 aromatic carbocycles. The van der Waals surface area contributed by atoms with Gasteiger partial charge in [-0.2, -0.15) is 0 Å². The lowest BCUT2D eigenvalue weighted by Crippen LogP contribution is -2.42. The Bertz CT molecular complexity index is 195. The van der Waals surface area contributed by atoms with E-state index in [-0.39, 0.29) is 11.3 Å². The summed E-state index contributed by atoms with van der Waals surface area (Å²) in [4.78, 5) is 11.7. The van der Waals surface area contributed by atoms with Crippen LogP contribution in [0.5, 0.6) is 0 Å². The second kappa shape index (κ2) is 4.78. The van der Waals surface area contributed by atoms with Crippen LogP contribution >= 0.6 is 0 Å². The van der Waals surface area contributed by atoms with Gasteiger partial charge in [0.1, 0.15) is 0 Å². The molecule has 3 nitrogen and oxygen atoms in total. The summed E-state index contributed by atoms with van der Waals surface area (Å²) in [6.45, 7) is 7.90. The largest absolute Gasteiger partial charge is 0.354 e. The van der Waals surface area contributed by atoms with Crippen molar-refractivity contribution in [3.63, 3.8) is 0 Å². The number of hydrogen-bond donors (Lipinski definition) is 2. The lowest BCUT2D eigenvalue weighted by atomic mass is 9.89. The summed E-state index contributed by atoms with van der Waals surface area (Å²) >= 11 is 0. The fraction of sp³-hybridized carbons (Fsp3) is 0.909. The van der Waals surface area contributed by atoms with Crippen molar-refractivity contribution < 1.29 is 4.79 Å². The van der Waals surface area contributed by atoms with Crippen LogP contribution < -0.4 is 10.6 Å². The Morgan fingerprint density at radius 3 is 2.79 bits per heavy atom. The topological polar surface area (TPSA) is 41.1 Å². The van der Waals surface area contributed by atoms with Gasteiger partial charge in [-0.25, -0.2) is 0 Å². The first-order chi connectivity index (χ1) is 6.56. The minimum atomic E-state index is -0.224. The zero-order chi connectivity index (χ0) is 10.6. The number of amides is 1. The standard InChI is InChI=1S/C11H22N2O/c1-4-11(2,3)10(14)13-8-9-6-5-7-12-9/h9,12H,4-8H2,1-3H3,(H,13,14). The summed E-state index contributed by atoms with van der Waals surface area (Å²) in [6, 6.07) is 0.492. The van der Waals surface area contributed by atoms with Gasteiger partial charge in [0, 0.05) is 18.0 Å². The quantitative estimate of drug-likeness (QED) is 0.714. The van der Waals surface area contributed by atoms with Gasteiger partial charge in [0.05, 0.1) is 0 Å². The molecule has 1 unspecified atom stereocenters.